The first-order valence-corrected chi connectivity index (χ1v) is 6.41. The number of nitrogen functional groups attached to an aromatic ring is 1. The summed E-state index contributed by atoms with van der Waals surface area (Å²) in [7, 11) is 0. The second-order valence-corrected chi connectivity index (χ2v) is 4.45. The minimum absolute atomic E-state index is 0.0897. The molecule has 0 spiro atoms. The molecule has 0 aliphatic rings. The van der Waals surface area contributed by atoms with Gasteiger partial charge in [0.1, 0.15) is 0 Å². The molecule has 0 aliphatic heterocycles. The maximum atomic E-state index is 12.3. The van der Waals surface area contributed by atoms with Crippen LogP contribution >= 0.6 is 0 Å². The van der Waals surface area contributed by atoms with Gasteiger partial charge in [0.2, 0.25) is 5.95 Å². The highest BCUT2D eigenvalue weighted by molar-refractivity contribution is 5.95. The Bertz CT molecular complexity index is 600. The van der Waals surface area contributed by atoms with Crippen LogP contribution in [0, 0.1) is 6.92 Å². The van der Waals surface area contributed by atoms with Crippen LogP contribution in [0.4, 0.5) is 5.95 Å². The van der Waals surface area contributed by atoms with Crippen molar-refractivity contribution in [1.82, 2.24) is 20.3 Å². The van der Waals surface area contributed by atoms with Crippen molar-refractivity contribution in [1.29, 1.82) is 0 Å². The molecule has 6 nitrogen and oxygen atoms in total. The van der Waals surface area contributed by atoms with Crippen molar-refractivity contribution in [2.45, 2.75) is 26.3 Å². The number of nitrogens with one attached hydrogen (secondary N) is 1. The lowest BCUT2D eigenvalue weighted by atomic mass is 10.1. The highest BCUT2D eigenvalue weighted by atomic mass is 16.1. The zero-order chi connectivity index (χ0) is 14.5. The summed E-state index contributed by atoms with van der Waals surface area (Å²) < 4.78 is 0. The van der Waals surface area contributed by atoms with Crippen molar-refractivity contribution < 1.29 is 4.79 Å². The third-order valence-corrected chi connectivity index (χ3v) is 3.04. The number of carbonyl (C=O) groups excluding carboxylic acids is 1. The van der Waals surface area contributed by atoms with Gasteiger partial charge < -0.3 is 11.1 Å². The molecule has 20 heavy (non-hydrogen) atoms. The number of hydrogen-bond acceptors (Lipinski definition) is 5. The number of nitrogens with zero attached hydrogens (tertiary/aromatic N) is 3. The molecule has 0 saturated heterocycles. The van der Waals surface area contributed by atoms with E-state index in [2.05, 4.69) is 20.3 Å². The number of hydrogen-bond donors (Lipinski definition) is 2. The van der Waals surface area contributed by atoms with E-state index in [1.807, 2.05) is 19.1 Å². The summed E-state index contributed by atoms with van der Waals surface area (Å²) in [5.74, 6) is -0.0449. The number of amides is 1. The molecule has 2 rings (SSSR count). The molecule has 0 bridgehead atoms. The van der Waals surface area contributed by atoms with E-state index in [0.717, 1.165) is 12.0 Å². The van der Waals surface area contributed by atoms with Gasteiger partial charge in [-0.15, -0.1) is 0 Å². The van der Waals surface area contributed by atoms with Gasteiger partial charge in [-0.2, -0.15) is 0 Å². The smallest absolute Gasteiger partial charge is 0.255 e. The predicted molar refractivity (Wildman–Crippen MR) is 75.9 cm³/mol. The van der Waals surface area contributed by atoms with Crippen LogP contribution < -0.4 is 11.1 Å². The van der Waals surface area contributed by atoms with E-state index in [-0.39, 0.29) is 17.9 Å². The zero-order valence-electron chi connectivity index (χ0n) is 11.5. The molecule has 1 unspecified atom stereocenters. The highest BCUT2D eigenvalue weighted by Crippen LogP contribution is 2.16. The topological polar surface area (TPSA) is 93.8 Å². The summed E-state index contributed by atoms with van der Waals surface area (Å²) in [6.07, 6.45) is 5.67. The molecule has 2 aromatic rings. The third-order valence-electron chi connectivity index (χ3n) is 3.04. The van der Waals surface area contributed by atoms with Crippen LogP contribution in [0.5, 0.6) is 0 Å². The molecule has 0 saturated carbocycles. The number of pyridine rings is 1. The molecule has 0 aromatic carbocycles. The molecule has 104 valence electrons. The summed E-state index contributed by atoms with van der Waals surface area (Å²) in [6.45, 7) is 3.74. The number of aromatic nitrogens is 3. The molecule has 2 aromatic heterocycles. The lowest BCUT2D eigenvalue weighted by Crippen LogP contribution is -2.29. The summed E-state index contributed by atoms with van der Waals surface area (Å²) >= 11 is 0. The van der Waals surface area contributed by atoms with Crippen molar-refractivity contribution in [2.24, 2.45) is 0 Å². The van der Waals surface area contributed by atoms with Crippen molar-refractivity contribution in [3.63, 3.8) is 0 Å². The zero-order valence-corrected chi connectivity index (χ0v) is 11.5. The van der Waals surface area contributed by atoms with E-state index in [4.69, 9.17) is 5.73 Å². The fraction of sp³-hybridized carbons (Fsp3) is 0.286. The van der Waals surface area contributed by atoms with Crippen LogP contribution in [0.2, 0.25) is 0 Å². The van der Waals surface area contributed by atoms with Gasteiger partial charge in [-0.05, 0) is 25.0 Å². The average Bonchev–Trinajstić information content (AvgIpc) is 2.45. The van der Waals surface area contributed by atoms with Crippen LogP contribution in [0.15, 0.2) is 30.7 Å². The fourth-order valence-corrected chi connectivity index (χ4v) is 1.95. The Morgan fingerprint density at radius 1 is 1.45 bits per heavy atom. The van der Waals surface area contributed by atoms with Gasteiger partial charge in [0.25, 0.3) is 5.91 Å². The van der Waals surface area contributed by atoms with E-state index in [9.17, 15) is 4.79 Å². The SMILES string of the molecule is CCC(NC(=O)c1cnc(N)nc1C)c1cccnc1. The Balaban J connectivity index is 2.17. The maximum absolute atomic E-state index is 12.3. The Hall–Kier alpha value is -2.50. The number of rotatable bonds is 4. The van der Waals surface area contributed by atoms with E-state index in [0.29, 0.717) is 11.3 Å². The van der Waals surface area contributed by atoms with Gasteiger partial charge in [-0.1, -0.05) is 13.0 Å². The molecule has 2 heterocycles. The van der Waals surface area contributed by atoms with Crippen molar-refractivity contribution in [3.05, 3.63) is 47.5 Å². The molecule has 0 aliphatic carbocycles. The molecule has 6 heteroatoms. The van der Waals surface area contributed by atoms with Crippen LogP contribution in [-0.2, 0) is 0 Å². The Kier molecular flexibility index (Phi) is 4.24. The quantitative estimate of drug-likeness (QED) is 0.881. The monoisotopic (exact) mass is 271 g/mol. The van der Waals surface area contributed by atoms with Crippen molar-refractivity contribution in [2.75, 3.05) is 5.73 Å². The fourth-order valence-electron chi connectivity index (χ4n) is 1.95. The van der Waals surface area contributed by atoms with E-state index in [1.54, 1.807) is 19.3 Å². The minimum atomic E-state index is -0.210. The van der Waals surface area contributed by atoms with Gasteiger partial charge in [0.05, 0.1) is 17.3 Å². The summed E-state index contributed by atoms with van der Waals surface area (Å²) in [4.78, 5) is 24.2. The number of carbonyl (C=O) groups is 1. The number of aryl methyl sites for hydroxylation is 1. The molecule has 1 atom stereocenters. The molecular weight excluding hydrogens is 254 g/mol. The summed E-state index contributed by atoms with van der Waals surface area (Å²) in [5.41, 5.74) is 7.45. The average molecular weight is 271 g/mol. The standard InChI is InChI=1S/C14H17N5O/c1-3-12(10-5-4-6-16-7-10)19-13(20)11-8-17-14(15)18-9(11)2/h4-8,12H,3H2,1-2H3,(H,19,20)(H2,15,17,18). The number of nitrogens with two attached hydrogens (primary N) is 1. The Morgan fingerprint density at radius 2 is 2.25 bits per heavy atom. The van der Waals surface area contributed by atoms with Gasteiger partial charge in [0, 0.05) is 18.6 Å². The van der Waals surface area contributed by atoms with Crippen LogP contribution in [-0.4, -0.2) is 20.9 Å². The van der Waals surface area contributed by atoms with Crippen LogP contribution in [0.3, 0.4) is 0 Å². The van der Waals surface area contributed by atoms with Crippen LogP contribution in [0.1, 0.15) is 41.0 Å². The molecule has 3 N–H and O–H groups in total. The van der Waals surface area contributed by atoms with Gasteiger partial charge in [-0.3, -0.25) is 9.78 Å². The first kappa shape index (κ1) is 13.9. The third kappa shape index (κ3) is 3.09. The normalized spacial score (nSPS) is 11.9. The highest BCUT2D eigenvalue weighted by Gasteiger charge is 2.16. The second kappa shape index (κ2) is 6.10. The van der Waals surface area contributed by atoms with Gasteiger partial charge in [0.15, 0.2) is 0 Å². The maximum Gasteiger partial charge on any atom is 0.255 e. The Labute approximate surface area is 117 Å². The first-order chi connectivity index (χ1) is 9.61. The minimum Gasteiger partial charge on any atom is -0.368 e. The number of anilines is 1. The van der Waals surface area contributed by atoms with E-state index in [1.165, 1.54) is 6.20 Å². The largest absolute Gasteiger partial charge is 0.368 e. The van der Waals surface area contributed by atoms with Gasteiger partial charge >= 0.3 is 0 Å². The molecule has 1 amide bonds. The van der Waals surface area contributed by atoms with Crippen LogP contribution in [0.25, 0.3) is 0 Å². The molecule has 0 fully saturated rings. The predicted octanol–water partition coefficient (Wildman–Crippen LogP) is 1.64. The summed E-state index contributed by atoms with van der Waals surface area (Å²) in [6, 6.07) is 3.70. The van der Waals surface area contributed by atoms with Gasteiger partial charge in [-0.25, -0.2) is 9.97 Å². The van der Waals surface area contributed by atoms with Crippen molar-refractivity contribution >= 4 is 11.9 Å². The first-order valence-electron chi connectivity index (χ1n) is 6.41. The second-order valence-electron chi connectivity index (χ2n) is 4.45. The van der Waals surface area contributed by atoms with E-state index < -0.39 is 0 Å². The molecular formula is C14H17N5O. The Morgan fingerprint density at radius 3 is 2.85 bits per heavy atom. The molecule has 0 radical (unpaired) electrons. The van der Waals surface area contributed by atoms with E-state index >= 15 is 0 Å². The summed E-state index contributed by atoms with van der Waals surface area (Å²) in [5, 5.41) is 2.96. The lowest BCUT2D eigenvalue weighted by molar-refractivity contribution is 0.0934. The lowest BCUT2D eigenvalue weighted by Gasteiger charge is -2.17. The van der Waals surface area contributed by atoms with Crippen molar-refractivity contribution in [3.8, 4) is 0 Å².